The van der Waals surface area contributed by atoms with E-state index in [0.29, 0.717) is 16.1 Å². The van der Waals surface area contributed by atoms with Gasteiger partial charge in [-0.1, -0.05) is 35.3 Å². The van der Waals surface area contributed by atoms with Crippen molar-refractivity contribution in [1.29, 1.82) is 0 Å². The highest BCUT2D eigenvalue weighted by Crippen LogP contribution is 2.20. The number of carbonyl (C=O) groups is 1. The van der Waals surface area contributed by atoms with Gasteiger partial charge in [-0.25, -0.2) is 4.39 Å². The summed E-state index contributed by atoms with van der Waals surface area (Å²) in [6.45, 7) is 0. The third kappa shape index (κ3) is 2.89. The van der Waals surface area contributed by atoms with Gasteiger partial charge in [0, 0.05) is 17.0 Å². The second kappa shape index (κ2) is 5.51. The molecule has 2 rings (SSSR count). The number of rotatable bonds is 3. The van der Waals surface area contributed by atoms with Gasteiger partial charge in [-0.15, -0.1) is 0 Å². The van der Waals surface area contributed by atoms with Crippen LogP contribution in [0.3, 0.4) is 0 Å². The molecule has 0 atom stereocenters. The van der Waals surface area contributed by atoms with E-state index in [0.717, 1.165) is 0 Å². The van der Waals surface area contributed by atoms with Crippen LogP contribution in [0.2, 0.25) is 10.0 Å². The topological polar surface area (TPSA) is 17.1 Å². The molecule has 0 fully saturated rings. The van der Waals surface area contributed by atoms with Crippen LogP contribution in [0.15, 0.2) is 42.5 Å². The fraction of sp³-hybridized carbons (Fsp3) is 0.0714. The van der Waals surface area contributed by atoms with Crippen LogP contribution in [-0.2, 0) is 6.42 Å². The lowest BCUT2D eigenvalue weighted by Gasteiger charge is -2.04. The second-order valence-electron chi connectivity index (χ2n) is 3.82. The van der Waals surface area contributed by atoms with Crippen LogP contribution < -0.4 is 0 Å². The lowest BCUT2D eigenvalue weighted by Crippen LogP contribution is -2.05. The molecule has 18 heavy (non-hydrogen) atoms. The van der Waals surface area contributed by atoms with Crippen LogP contribution in [0.5, 0.6) is 0 Å². The number of halogens is 3. The zero-order valence-electron chi connectivity index (χ0n) is 9.29. The van der Waals surface area contributed by atoms with Gasteiger partial charge in [-0.3, -0.25) is 4.79 Å². The molecule has 0 N–H and O–H groups in total. The fourth-order valence-electron chi connectivity index (χ4n) is 1.60. The molecule has 2 aromatic rings. The fourth-order valence-corrected chi connectivity index (χ4v) is 1.92. The summed E-state index contributed by atoms with van der Waals surface area (Å²) in [7, 11) is 0. The smallest absolute Gasteiger partial charge is 0.167 e. The van der Waals surface area contributed by atoms with E-state index in [-0.39, 0.29) is 17.2 Å². The Bertz CT molecular complexity index is 579. The standard InChI is InChI=1S/C14H9Cl2FO/c15-11-6-4-9(5-7-11)13(18)8-10-2-1-3-12(16)14(10)17/h1-7H,8H2. The maximum absolute atomic E-state index is 13.6. The van der Waals surface area contributed by atoms with E-state index in [4.69, 9.17) is 23.2 Å². The molecule has 0 saturated heterocycles. The summed E-state index contributed by atoms with van der Waals surface area (Å²) in [5.74, 6) is -0.714. The number of Topliss-reactive ketones (excluding diaryl/α,β-unsaturated/α-hetero) is 1. The largest absolute Gasteiger partial charge is 0.294 e. The Hall–Kier alpha value is -1.38. The van der Waals surface area contributed by atoms with Crippen molar-refractivity contribution in [1.82, 2.24) is 0 Å². The number of ketones is 1. The van der Waals surface area contributed by atoms with Gasteiger partial charge in [0.15, 0.2) is 5.78 Å². The molecule has 0 radical (unpaired) electrons. The third-order valence-corrected chi connectivity index (χ3v) is 3.09. The summed E-state index contributed by atoms with van der Waals surface area (Å²) >= 11 is 11.4. The Balaban J connectivity index is 2.21. The summed E-state index contributed by atoms with van der Waals surface area (Å²) in [6, 6.07) is 11.1. The molecule has 0 unspecified atom stereocenters. The summed E-state index contributed by atoms with van der Waals surface area (Å²) in [4.78, 5) is 11.9. The summed E-state index contributed by atoms with van der Waals surface area (Å²) in [5, 5.41) is 0.580. The maximum atomic E-state index is 13.6. The first-order chi connectivity index (χ1) is 8.58. The zero-order chi connectivity index (χ0) is 13.1. The number of carbonyl (C=O) groups excluding carboxylic acids is 1. The van der Waals surface area contributed by atoms with Gasteiger partial charge >= 0.3 is 0 Å². The molecule has 2 aromatic carbocycles. The molecule has 1 nitrogen and oxygen atoms in total. The second-order valence-corrected chi connectivity index (χ2v) is 4.66. The molecule has 0 bridgehead atoms. The number of hydrogen-bond acceptors (Lipinski definition) is 1. The normalized spacial score (nSPS) is 10.4. The van der Waals surface area contributed by atoms with Gasteiger partial charge in [0.05, 0.1) is 5.02 Å². The van der Waals surface area contributed by atoms with E-state index >= 15 is 0 Å². The monoisotopic (exact) mass is 282 g/mol. The Morgan fingerprint density at radius 3 is 2.39 bits per heavy atom. The van der Waals surface area contributed by atoms with E-state index in [2.05, 4.69) is 0 Å². The first-order valence-electron chi connectivity index (χ1n) is 5.29. The summed E-state index contributed by atoms with van der Waals surface area (Å²) < 4.78 is 13.6. The third-order valence-electron chi connectivity index (χ3n) is 2.55. The van der Waals surface area contributed by atoms with Crippen LogP contribution in [0.25, 0.3) is 0 Å². The predicted octanol–water partition coefficient (Wildman–Crippen LogP) is 4.56. The quantitative estimate of drug-likeness (QED) is 0.755. The molecule has 0 aliphatic carbocycles. The highest BCUT2D eigenvalue weighted by atomic mass is 35.5. The molecular weight excluding hydrogens is 274 g/mol. The van der Waals surface area contributed by atoms with Crippen molar-refractivity contribution in [3.8, 4) is 0 Å². The average Bonchev–Trinajstić information content (AvgIpc) is 2.36. The lowest BCUT2D eigenvalue weighted by molar-refractivity contribution is 0.0992. The average molecular weight is 283 g/mol. The Labute approximate surface area is 114 Å². The molecule has 0 aliphatic rings. The summed E-state index contributed by atoms with van der Waals surface area (Å²) in [6.07, 6.45) is -0.0198. The minimum absolute atomic E-state index is 0.0198. The van der Waals surface area contributed by atoms with Crippen LogP contribution in [-0.4, -0.2) is 5.78 Å². The van der Waals surface area contributed by atoms with Gasteiger partial charge in [-0.05, 0) is 35.9 Å². The van der Waals surface area contributed by atoms with Crippen molar-refractivity contribution in [2.75, 3.05) is 0 Å². The van der Waals surface area contributed by atoms with E-state index in [1.165, 1.54) is 6.07 Å². The molecule has 0 heterocycles. The molecule has 0 aliphatic heterocycles. The molecule has 4 heteroatoms. The first-order valence-corrected chi connectivity index (χ1v) is 6.05. The Morgan fingerprint density at radius 2 is 1.72 bits per heavy atom. The highest BCUT2D eigenvalue weighted by Gasteiger charge is 2.12. The van der Waals surface area contributed by atoms with Crippen molar-refractivity contribution >= 4 is 29.0 Å². The highest BCUT2D eigenvalue weighted by molar-refractivity contribution is 6.31. The van der Waals surface area contributed by atoms with E-state index in [1.807, 2.05) is 0 Å². The zero-order valence-corrected chi connectivity index (χ0v) is 10.8. The summed E-state index contributed by atoms with van der Waals surface area (Å²) in [5.41, 5.74) is 0.793. The van der Waals surface area contributed by atoms with Crippen molar-refractivity contribution in [3.63, 3.8) is 0 Å². The minimum Gasteiger partial charge on any atom is -0.294 e. The molecule has 0 amide bonds. The van der Waals surface area contributed by atoms with Crippen LogP contribution in [0.1, 0.15) is 15.9 Å². The number of benzene rings is 2. The van der Waals surface area contributed by atoms with Gasteiger partial charge in [0.1, 0.15) is 5.82 Å². The Morgan fingerprint density at radius 1 is 1.06 bits per heavy atom. The van der Waals surface area contributed by atoms with E-state index in [1.54, 1.807) is 36.4 Å². The predicted molar refractivity (Wildman–Crippen MR) is 70.9 cm³/mol. The van der Waals surface area contributed by atoms with Crippen molar-refractivity contribution < 1.29 is 9.18 Å². The minimum atomic E-state index is -0.540. The van der Waals surface area contributed by atoms with Gasteiger partial charge in [-0.2, -0.15) is 0 Å². The first kappa shape index (κ1) is 13.1. The number of hydrogen-bond donors (Lipinski definition) is 0. The van der Waals surface area contributed by atoms with Gasteiger partial charge < -0.3 is 0 Å². The SMILES string of the molecule is O=C(Cc1cccc(Cl)c1F)c1ccc(Cl)cc1. The van der Waals surface area contributed by atoms with Crippen molar-refractivity contribution in [3.05, 3.63) is 69.5 Å². The molecule has 0 spiro atoms. The van der Waals surface area contributed by atoms with E-state index in [9.17, 15) is 9.18 Å². The Kier molecular flexibility index (Phi) is 4.00. The van der Waals surface area contributed by atoms with Gasteiger partial charge in [0.2, 0.25) is 0 Å². The molecule has 0 saturated carbocycles. The van der Waals surface area contributed by atoms with Crippen molar-refractivity contribution in [2.24, 2.45) is 0 Å². The van der Waals surface area contributed by atoms with E-state index < -0.39 is 5.82 Å². The van der Waals surface area contributed by atoms with Crippen molar-refractivity contribution in [2.45, 2.75) is 6.42 Å². The lowest BCUT2D eigenvalue weighted by atomic mass is 10.0. The molecule has 0 aromatic heterocycles. The maximum Gasteiger partial charge on any atom is 0.167 e. The van der Waals surface area contributed by atoms with Crippen LogP contribution >= 0.6 is 23.2 Å². The molecular formula is C14H9Cl2FO. The van der Waals surface area contributed by atoms with Crippen LogP contribution in [0.4, 0.5) is 4.39 Å². The van der Waals surface area contributed by atoms with Crippen LogP contribution in [0, 0.1) is 5.82 Å². The van der Waals surface area contributed by atoms with Gasteiger partial charge in [0.25, 0.3) is 0 Å². The molecule has 92 valence electrons.